The van der Waals surface area contributed by atoms with Gasteiger partial charge in [-0.05, 0) is 30.3 Å². The number of thiazole rings is 1. The van der Waals surface area contributed by atoms with Crippen molar-refractivity contribution in [1.82, 2.24) is 25.1 Å². The van der Waals surface area contributed by atoms with E-state index in [4.69, 9.17) is 37.4 Å². The average Bonchev–Trinajstić information content (AvgIpc) is 3.60. The molecule has 2 aromatic heterocycles. The molecule has 0 aliphatic heterocycles. The molecule has 0 atom stereocenters. The molecule has 39 heavy (non-hydrogen) atoms. The van der Waals surface area contributed by atoms with Crippen molar-refractivity contribution < 1.29 is 23.8 Å². The number of nitrogens with zero attached hydrogens (tertiary/aromatic N) is 4. The Bertz CT molecular complexity index is 1460. The fraction of sp³-hybridized carbons (Fsp3) is 0.208. The topological polar surface area (TPSA) is 129 Å². The zero-order chi connectivity index (χ0) is 27.9. The third kappa shape index (κ3) is 6.74. The number of halogens is 2. The Kier molecular flexibility index (Phi) is 9.51. The smallest absolute Gasteiger partial charge is 0.251 e. The van der Waals surface area contributed by atoms with Crippen molar-refractivity contribution >= 4 is 63.2 Å². The van der Waals surface area contributed by atoms with Gasteiger partial charge in [-0.2, -0.15) is 0 Å². The molecule has 0 spiro atoms. The summed E-state index contributed by atoms with van der Waals surface area (Å²) in [4.78, 5) is 29.5. The second kappa shape index (κ2) is 13.0. The largest absolute Gasteiger partial charge is 0.493 e. The standard InChI is InChI=1S/C24H22Cl2N6O5S2/c1-35-17-8-13(9-18(36-2)21(17)37-3)22(34)28-11-19-30-31-24(32(19)14-4-5-15(25)16(26)10-14)39-12-20(33)29-23-27-6-7-38-23/h4-10H,11-12H2,1-3H3,(H,28,34)(H,27,29,33). The predicted molar refractivity (Wildman–Crippen MR) is 150 cm³/mol. The highest BCUT2D eigenvalue weighted by atomic mass is 35.5. The van der Waals surface area contributed by atoms with Crippen molar-refractivity contribution in [3.63, 3.8) is 0 Å². The molecule has 2 N–H and O–H groups in total. The van der Waals surface area contributed by atoms with Gasteiger partial charge in [-0.15, -0.1) is 21.5 Å². The van der Waals surface area contributed by atoms with Crippen LogP contribution >= 0.6 is 46.3 Å². The molecule has 0 bridgehead atoms. The first-order chi connectivity index (χ1) is 18.8. The number of thioether (sulfide) groups is 1. The molecule has 2 heterocycles. The molecule has 4 aromatic rings. The van der Waals surface area contributed by atoms with Crippen LogP contribution in [0.1, 0.15) is 16.2 Å². The van der Waals surface area contributed by atoms with Crippen LogP contribution in [-0.2, 0) is 11.3 Å². The van der Waals surface area contributed by atoms with Crippen molar-refractivity contribution in [3.05, 3.63) is 63.3 Å². The number of amides is 2. The van der Waals surface area contributed by atoms with Gasteiger partial charge in [-0.1, -0.05) is 35.0 Å². The maximum absolute atomic E-state index is 13.1. The molecule has 0 saturated carbocycles. The number of anilines is 1. The van der Waals surface area contributed by atoms with Gasteiger partial charge in [0.25, 0.3) is 5.91 Å². The zero-order valence-electron chi connectivity index (χ0n) is 20.9. The predicted octanol–water partition coefficient (Wildman–Crippen LogP) is 4.72. The van der Waals surface area contributed by atoms with Gasteiger partial charge in [0.1, 0.15) is 0 Å². The van der Waals surface area contributed by atoms with Crippen molar-refractivity contribution in [3.8, 4) is 22.9 Å². The summed E-state index contributed by atoms with van der Waals surface area (Å²) in [5.74, 6) is 0.849. The fourth-order valence-corrected chi connectivity index (χ4v) is 5.04. The van der Waals surface area contributed by atoms with Crippen LogP contribution in [0.3, 0.4) is 0 Å². The highest BCUT2D eigenvalue weighted by Gasteiger charge is 2.20. The summed E-state index contributed by atoms with van der Waals surface area (Å²) >= 11 is 14.9. The highest BCUT2D eigenvalue weighted by molar-refractivity contribution is 7.99. The third-order valence-electron chi connectivity index (χ3n) is 5.21. The normalized spacial score (nSPS) is 10.7. The molecule has 0 aliphatic carbocycles. The Morgan fingerprint density at radius 3 is 2.38 bits per heavy atom. The maximum atomic E-state index is 13.1. The van der Waals surface area contributed by atoms with E-state index in [1.807, 2.05) is 0 Å². The second-order valence-electron chi connectivity index (χ2n) is 7.60. The van der Waals surface area contributed by atoms with Crippen molar-refractivity contribution in [2.75, 3.05) is 32.4 Å². The summed E-state index contributed by atoms with van der Waals surface area (Å²) in [6, 6.07) is 8.12. The van der Waals surface area contributed by atoms with Gasteiger partial charge in [-0.25, -0.2) is 4.98 Å². The van der Waals surface area contributed by atoms with Crippen LogP contribution in [0.25, 0.3) is 5.69 Å². The van der Waals surface area contributed by atoms with E-state index < -0.39 is 5.91 Å². The van der Waals surface area contributed by atoms with Gasteiger partial charge in [0.2, 0.25) is 11.7 Å². The van der Waals surface area contributed by atoms with E-state index in [1.165, 1.54) is 44.4 Å². The fourth-order valence-electron chi connectivity index (χ4n) is 3.44. The van der Waals surface area contributed by atoms with Gasteiger partial charge in [0, 0.05) is 17.1 Å². The minimum Gasteiger partial charge on any atom is -0.493 e. The summed E-state index contributed by atoms with van der Waals surface area (Å²) in [5.41, 5.74) is 0.896. The number of hydrogen-bond donors (Lipinski definition) is 2. The highest BCUT2D eigenvalue weighted by Crippen LogP contribution is 2.38. The van der Waals surface area contributed by atoms with E-state index in [0.29, 0.717) is 54.7 Å². The number of benzene rings is 2. The number of carbonyl (C=O) groups is 2. The first-order valence-electron chi connectivity index (χ1n) is 11.1. The first kappa shape index (κ1) is 28.5. The van der Waals surface area contributed by atoms with E-state index in [9.17, 15) is 9.59 Å². The Labute approximate surface area is 241 Å². The lowest BCUT2D eigenvalue weighted by Crippen LogP contribution is -2.25. The molecule has 2 amide bonds. The number of methoxy groups -OCH3 is 3. The molecule has 0 unspecified atom stereocenters. The molecule has 204 valence electrons. The van der Waals surface area contributed by atoms with Gasteiger partial charge < -0.3 is 24.8 Å². The van der Waals surface area contributed by atoms with E-state index >= 15 is 0 Å². The minimum absolute atomic E-state index is 0.00854. The maximum Gasteiger partial charge on any atom is 0.251 e. The van der Waals surface area contributed by atoms with Crippen LogP contribution in [0.4, 0.5) is 5.13 Å². The molecule has 0 fully saturated rings. The summed E-state index contributed by atoms with van der Waals surface area (Å²) < 4.78 is 17.7. The number of nitrogens with one attached hydrogen (secondary N) is 2. The zero-order valence-corrected chi connectivity index (χ0v) is 24.0. The Morgan fingerprint density at radius 2 is 1.77 bits per heavy atom. The minimum atomic E-state index is -0.407. The van der Waals surface area contributed by atoms with E-state index in [0.717, 1.165) is 0 Å². The Hall–Kier alpha value is -3.52. The van der Waals surface area contributed by atoms with Gasteiger partial charge in [-0.3, -0.25) is 14.2 Å². The monoisotopic (exact) mass is 608 g/mol. The Morgan fingerprint density at radius 1 is 1.03 bits per heavy atom. The van der Waals surface area contributed by atoms with Gasteiger partial charge in [0.05, 0.1) is 49.4 Å². The van der Waals surface area contributed by atoms with E-state index in [2.05, 4.69) is 25.8 Å². The van der Waals surface area contributed by atoms with Gasteiger partial charge >= 0.3 is 0 Å². The molecule has 0 saturated heterocycles. The van der Waals surface area contributed by atoms with Crippen molar-refractivity contribution in [2.24, 2.45) is 0 Å². The second-order valence-corrected chi connectivity index (χ2v) is 10.3. The molecule has 15 heteroatoms. The lowest BCUT2D eigenvalue weighted by molar-refractivity contribution is -0.113. The summed E-state index contributed by atoms with van der Waals surface area (Å²) in [6.07, 6.45) is 1.60. The molecule has 4 rings (SSSR count). The third-order valence-corrected chi connectivity index (χ3v) is 7.56. The van der Waals surface area contributed by atoms with Crippen LogP contribution in [0, 0.1) is 0 Å². The average molecular weight is 610 g/mol. The molecular formula is C24H22Cl2N6O5S2. The van der Waals surface area contributed by atoms with Crippen molar-refractivity contribution in [1.29, 1.82) is 0 Å². The number of rotatable bonds is 11. The lowest BCUT2D eigenvalue weighted by atomic mass is 10.1. The molecule has 0 aliphatic rings. The Balaban J connectivity index is 1.56. The van der Waals surface area contributed by atoms with Crippen molar-refractivity contribution in [2.45, 2.75) is 11.7 Å². The van der Waals surface area contributed by atoms with Crippen LogP contribution in [-0.4, -0.2) is 58.6 Å². The van der Waals surface area contributed by atoms with E-state index in [1.54, 1.807) is 46.5 Å². The lowest BCUT2D eigenvalue weighted by Gasteiger charge is -2.14. The number of hydrogen-bond acceptors (Lipinski definition) is 10. The number of carbonyl (C=O) groups excluding carboxylic acids is 2. The van der Waals surface area contributed by atoms with E-state index in [-0.39, 0.29) is 18.2 Å². The summed E-state index contributed by atoms with van der Waals surface area (Å²) in [7, 11) is 4.42. The summed E-state index contributed by atoms with van der Waals surface area (Å²) in [6.45, 7) is 0.00854. The first-order valence-corrected chi connectivity index (χ1v) is 13.8. The van der Waals surface area contributed by atoms with Crippen LogP contribution < -0.4 is 24.8 Å². The molecule has 11 nitrogen and oxygen atoms in total. The van der Waals surface area contributed by atoms with Crippen LogP contribution in [0.2, 0.25) is 10.0 Å². The number of aromatic nitrogens is 4. The van der Waals surface area contributed by atoms with Crippen LogP contribution in [0.5, 0.6) is 17.2 Å². The van der Waals surface area contributed by atoms with Gasteiger partial charge in [0.15, 0.2) is 27.6 Å². The quantitative estimate of drug-likeness (QED) is 0.232. The SMILES string of the molecule is COc1cc(C(=O)NCc2nnc(SCC(=O)Nc3nccs3)n2-c2ccc(Cl)c(Cl)c2)cc(OC)c1OC. The number of ether oxygens (including phenoxy) is 3. The molecular weight excluding hydrogens is 587 g/mol. The molecule has 2 aromatic carbocycles. The van der Waals surface area contributed by atoms with Crippen LogP contribution in [0.15, 0.2) is 47.1 Å². The molecule has 0 radical (unpaired) electrons. The summed E-state index contributed by atoms with van der Waals surface area (Å²) in [5, 5.41) is 17.4.